The van der Waals surface area contributed by atoms with E-state index in [-0.39, 0.29) is 25.2 Å². The average Bonchev–Trinajstić information content (AvgIpc) is 2.45. The van der Waals surface area contributed by atoms with Gasteiger partial charge in [-0.05, 0) is 18.6 Å². The molecular formula is C13H13FN2O5. The predicted molar refractivity (Wildman–Crippen MR) is 67.0 cm³/mol. The van der Waals surface area contributed by atoms with Crippen molar-refractivity contribution in [2.24, 2.45) is 11.8 Å². The fraction of sp³-hybridized carbons (Fsp3) is 0.385. The van der Waals surface area contributed by atoms with Crippen LogP contribution in [-0.2, 0) is 9.59 Å². The van der Waals surface area contributed by atoms with E-state index in [1.54, 1.807) is 0 Å². The Morgan fingerprint density at radius 1 is 1.19 bits per heavy atom. The first-order valence-corrected chi connectivity index (χ1v) is 6.27. The van der Waals surface area contributed by atoms with Crippen molar-refractivity contribution in [1.29, 1.82) is 0 Å². The Bertz CT molecular complexity index is 592. The molecule has 1 aromatic heterocycles. The number of carboxylic acid groups (broad SMARTS) is 2. The maximum atomic E-state index is 13.0. The summed E-state index contributed by atoms with van der Waals surface area (Å²) >= 11 is 0. The average molecular weight is 296 g/mol. The number of rotatable bonds is 3. The highest BCUT2D eigenvalue weighted by Crippen LogP contribution is 2.25. The summed E-state index contributed by atoms with van der Waals surface area (Å²) in [5.74, 6) is -6.10. The summed E-state index contributed by atoms with van der Waals surface area (Å²) in [4.78, 5) is 39.0. The smallest absolute Gasteiger partial charge is 0.309 e. The molecule has 1 aliphatic heterocycles. The Morgan fingerprint density at radius 2 is 1.86 bits per heavy atom. The van der Waals surface area contributed by atoms with Crippen molar-refractivity contribution in [3.63, 3.8) is 0 Å². The molecule has 1 saturated heterocycles. The topological polar surface area (TPSA) is 108 Å². The van der Waals surface area contributed by atoms with Gasteiger partial charge in [-0.25, -0.2) is 4.98 Å². The van der Waals surface area contributed by atoms with Crippen LogP contribution in [0.4, 0.5) is 4.39 Å². The van der Waals surface area contributed by atoms with Gasteiger partial charge in [0.15, 0.2) is 0 Å². The van der Waals surface area contributed by atoms with E-state index in [1.807, 2.05) is 0 Å². The lowest BCUT2D eigenvalue weighted by Gasteiger charge is -2.34. The largest absolute Gasteiger partial charge is 0.481 e. The minimum Gasteiger partial charge on any atom is -0.481 e. The van der Waals surface area contributed by atoms with E-state index in [4.69, 9.17) is 10.2 Å². The summed E-state index contributed by atoms with van der Waals surface area (Å²) in [6.45, 7) is -0.138. The Hall–Kier alpha value is -2.51. The molecular weight excluding hydrogens is 283 g/mol. The van der Waals surface area contributed by atoms with Crippen LogP contribution in [0, 0.1) is 17.8 Å². The van der Waals surface area contributed by atoms with E-state index in [1.165, 1.54) is 17.0 Å². The molecule has 0 radical (unpaired) electrons. The maximum absolute atomic E-state index is 13.0. The molecule has 112 valence electrons. The van der Waals surface area contributed by atoms with Gasteiger partial charge < -0.3 is 15.1 Å². The summed E-state index contributed by atoms with van der Waals surface area (Å²) < 4.78 is 13.0. The van der Waals surface area contributed by atoms with Crippen LogP contribution in [-0.4, -0.2) is 51.0 Å². The number of aromatic nitrogens is 1. The molecule has 1 aromatic rings. The van der Waals surface area contributed by atoms with Gasteiger partial charge in [-0.3, -0.25) is 14.4 Å². The lowest BCUT2D eigenvalue weighted by atomic mass is 9.85. The lowest BCUT2D eigenvalue weighted by Crippen LogP contribution is -2.48. The van der Waals surface area contributed by atoms with Crippen molar-refractivity contribution in [3.05, 3.63) is 29.8 Å². The van der Waals surface area contributed by atoms with Crippen LogP contribution in [0.3, 0.4) is 0 Å². The Kier molecular flexibility index (Phi) is 4.15. The third kappa shape index (κ3) is 3.15. The van der Waals surface area contributed by atoms with Gasteiger partial charge in [-0.1, -0.05) is 6.07 Å². The zero-order valence-electron chi connectivity index (χ0n) is 10.9. The van der Waals surface area contributed by atoms with Crippen molar-refractivity contribution in [1.82, 2.24) is 9.88 Å². The number of carbonyl (C=O) groups is 3. The minimum absolute atomic E-state index is 0.0351. The van der Waals surface area contributed by atoms with E-state index >= 15 is 0 Å². The number of aliphatic carboxylic acids is 2. The number of hydrogen-bond acceptors (Lipinski definition) is 4. The first kappa shape index (κ1) is 14.9. The van der Waals surface area contributed by atoms with Gasteiger partial charge in [0, 0.05) is 13.1 Å². The van der Waals surface area contributed by atoms with Crippen LogP contribution in [0.1, 0.15) is 16.9 Å². The molecule has 2 atom stereocenters. The number of carboxylic acids is 2. The second kappa shape index (κ2) is 5.86. The van der Waals surface area contributed by atoms with E-state index in [0.29, 0.717) is 0 Å². The lowest BCUT2D eigenvalue weighted by molar-refractivity contribution is -0.156. The molecule has 7 nitrogen and oxygen atoms in total. The summed E-state index contributed by atoms with van der Waals surface area (Å²) in [7, 11) is 0. The molecule has 0 aliphatic carbocycles. The van der Waals surface area contributed by atoms with Crippen molar-refractivity contribution in [3.8, 4) is 0 Å². The number of likely N-dealkylation sites (tertiary alicyclic amines) is 1. The van der Waals surface area contributed by atoms with Gasteiger partial charge >= 0.3 is 11.9 Å². The molecule has 0 bridgehead atoms. The van der Waals surface area contributed by atoms with E-state index in [9.17, 15) is 18.8 Å². The van der Waals surface area contributed by atoms with Gasteiger partial charge in [-0.15, -0.1) is 0 Å². The summed E-state index contributed by atoms with van der Waals surface area (Å²) in [6.07, 6.45) is 0.0351. The number of piperidine rings is 1. The second-order valence-corrected chi connectivity index (χ2v) is 4.77. The van der Waals surface area contributed by atoms with Gasteiger partial charge in [0.25, 0.3) is 5.91 Å². The molecule has 1 amide bonds. The number of nitrogens with zero attached hydrogens (tertiary/aromatic N) is 2. The first-order chi connectivity index (χ1) is 9.90. The van der Waals surface area contributed by atoms with Crippen molar-refractivity contribution < 1.29 is 29.0 Å². The molecule has 8 heteroatoms. The number of pyridine rings is 1. The molecule has 2 rings (SSSR count). The number of amides is 1. The van der Waals surface area contributed by atoms with Crippen LogP contribution in [0.15, 0.2) is 18.2 Å². The van der Waals surface area contributed by atoms with E-state index in [2.05, 4.69) is 4.98 Å². The normalized spacial score (nSPS) is 21.9. The van der Waals surface area contributed by atoms with E-state index < -0.39 is 35.6 Å². The van der Waals surface area contributed by atoms with Crippen molar-refractivity contribution in [2.75, 3.05) is 13.1 Å². The quantitative estimate of drug-likeness (QED) is 0.785. The summed E-state index contributed by atoms with van der Waals surface area (Å²) in [6, 6.07) is 3.74. The standard InChI is InChI=1S/C13H13FN2O5/c14-10-3-1-2-9(15-10)11(17)16-5-4-7(12(18)19)8(6-16)13(20)21/h1-3,7-8H,4-6H2,(H,18,19)(H,20,21). The summed E-state index contributed by atoms with van der Waals surface area (Å²) in [5.41, 5.74) is -0.132. The molecule has 0 aromatic carbocycles. The predicted octanol–water partition coefficient (Wildman–Crippen LogP) is 0.468. The molecule has 1 fully saturated rings. The molecule has 0 spiro atoms. The number of halogens is 1. The van der Waals surface area contributed by atoms with Crippen LogP contribution >= 0.6 is 0 Å². The van der Waals surface area contributed by atoms with Crippen molar-refractivity contribution >= 4 is 17.8 Å². The monoisotopic (exact) mass is 296 g/mol. The molecule has 0 saturated carbocycles. The fourth-order valence-electron chi connectivity index (χ4n) is 2.37. The molecule has 2 unspecified atom stereocenters. The third-order valence-corrected chi connectivity index (χ3v) is 3.47. The number of carbonyl (C=O) groups excluding carboxylic acids is 1. The Morgan fingerprint density at radius 3 is 2.43 bits per heavy atom. The van der Waals surface area contributed by atoms with Crippen LogP contribution < -0.4 is 0 Å². The van der Waals surface area contributed by atoms with Gasteiger partial charge in [0.2, 0.25) is 5.95 Å². The highest BCUT2D eigenvalue weighted by molar-refractivity contribution is 5.93. The van der Waals surface area contributed by atoms with Crippen LogP contribution in [0.2, 0.25) is 0 Å². The molecule has 21 heavy (non-hydrogen) atoms. The second-order valence-electron chi connectivity index (χ2n) is 4.77. The van der Waals surface area contributed by atoms with Crippen LogP contribution in [0.25, 0.3) is 0 Å². The minimum atomic E-state index is -1.27. The SMILES string of the molecule is O=C(O)C1CCN(C(=O)c2cccc(F)n2)CC1C(=O)O. The number of hydrogen-bond donors (Lipinski definition) is 2. The highest BCUT2D eigenvalue weighted by atomic mass is 19.1. The fourth-order valence-corrected chi connectivity index (χ4v) is 2.37. The molecule has 2 heterocycles. The Labute approximate surface area is 119 Å². The van der Waals surface area contributed by atoms with Gasteiger partial charge in [0.1, 0.15) is 5.69 Å². The molecule has 1 aliphatic rings. The zero-order valence-corrected chi connectivity index (χ0v) is 10.9. The molecule has 2 N–H and O–H groups in total. The van der Waals surface area contributed by atoms with Gasteiger partial charge in [-0.2, -0.15) is 4.39 Å². The Balaban J connectivity index is 2.17. The van der Waals surface area contributed by atoms with E-state index in [0.717, 1.165) is 6.07 Å². The maximum Gasteiger partial charge on any atom is 0.309 e. The van der Waals surface area contributed by atoms with Crippen LogP contribution in [0.5, 0.6) is 0 Å². The third-order valence-electron chi connectivity index (χ3n) is 3.47. The van der Waals surface area contributed by atoms with Crippen molar-refractivity contribution in [2.45, 2.75) is 6.42 Å². The zero-order chi connectivity index (χ0) is 15.6. The van der Waals surface area contributed by atoms with Gasteiger partial charge in [0.05, 0.1) is 11.8 Å². The highest BCUT2D eigenvalue weighted by Gasteiger charge is 2.40. The summed E-state index contributed by atoms with van der Waals surface area (Å²) in [5, 5.41) is 18.1. The first-order valence-electron chi connectivity index (χ1n) is 6.27.